The molecule has 4 rings (SSSR count). The minimum atomic E-state index is -4.46. The van der Waals surface area contributed by atoms with E-state index in [1.807, 2.05) is 11.5 Å². The highest BCUT2D eigenvalue weighted by atomic mass is 32.2. The lowest BCUT2D eigenvalue weighted by Gasteiger charge is -2.12. The van der Waals surface area contributed by atoms with E-state index >= 15 is 0 Å². The Balaban J connectivity index is 1.46. The Morgan fingerprint density at radius 3 is 2.47 bits per heavy atom. The van der Waals surface area contributed by atoms with Gasteiger partial charge in [0.2, 0.25) is 0 Å². The van der Waals surface area contributed by atoms with Gasteiger partial charge in [-0.05, 0) is 48.4 Å². The SMILES string of the molecule is CCn1c(SCc2ccccc2C(=O)NCc2cccc(C(F)(F)F)c2)nnc1-c1ccc([N+](=O)[O-])cc1. The molecule has 1 N–H and O–H groups in total. The maximum atomic E-state index is 13.0. The number of alkyl halides is 3. The number of nitrogens with one attached hydrogen (secondary N) is 1. The van der Waals surface area contributed by atoms with E-state index in [1.165, 1.54) is 36.0 Å². The average molecular weight is 542 g/mol. The van der Waals surface area contributed by atoms with Crippen LogP contribution in [-0.2, 0) is 25.0 Å². The second-order valence-corrected chi connectivity index (χ2v) is 9.12. The average Bonchev–Trinajstić information content (AvgIpc) is 3.33. The Kier molecular flexibility index (Phi) is 8.10. The summed E-state index contributed by atoms with van der Waals surface area (Å²) < 4.78 is 40.8. The molecule has 0 unspecified atom stereocenters. The molecule has 0 aliphatic rings. The molecule has 0 fully saturated rings. The van der Waals surface area contributed by atoms with E-state index in [0.29, 0.717) is 40.0 Å². The third-order valence-corrected chi connectivity index (χ3v) is 6.71. The number of non-ortho nitro benzene ring substituents is 1. The molecule has 0 saturated heterocycles. The van der Waals surface area contributed by atoms with Gasteiger partial charge in [-0.3, -0.25) is 14.9 Å². The van der Waals surface area contributed by atoms with Gasteiger partial charge in [0, 0.05) is 42.1 Å². The molecule has 196 valence electrons. The summed E-state index contributed by atoms with van der Waals surface area (Å²) in [5, 5.41) is 22.8. The Morgan fingerprint density at radius 1 is 1.05 bits per heavy atom. The van der Waals surface area contributed by atoms with E-state index < -0.39 is 22.6 Å². The van der Waals surface area contributed by atoms with Gasteiger partial charge in [0.05, 0.1) is 10.5 Å². The monoisotopic (exact) mass is 541 g/mol. The molecule has 0 saturated carbocycles. The molecule has 0 aliphatic carbocycles. The van der Waals surface area contributed by atoms with Crippen molar-refractivity contribution in [2.45, 2.75) is 37.1 Å². The fourth-order valence-electron chi connectivity index (χ4n) is 3.77. The van der Waals surface area contributed by atoms with Crippen molar-refractivity contribution < 1.29 is 22.9 Å². The van der Waals surface area contributed by atoms with Gasteiger partial charge in [0.15, 0.2) is 11.0 Å². The summed E-state index contributed by atoms with van der Waals surface area (Å²) in [6, 6.07) is 17.9. The maximum absolute atomic E-state index is 13.0. The van der Waals surface area contributed by atoms with Crippen LogP contribution in [0.1, 0.15) is 34.0 Å². The smallest absolute Gasteiger partial charge is 0.348 e. The topological polar surface area (TPSA) is 103 Å². The third kappa shape index (κ3) is 6.20. The first-order chi connectivity index (χ1) is 18.2. The highest BCUT2D eigenvalue weighted by Crippen LogP contribution is 2.30. The number of nitrogens with zero attached hydrogens (tertiary/aromatic N) is 4. The first kappa shape index (κ1) is 26.9. The normalized spacial score (nSPS) is 11.4. The standard InChI is InChI=1S/C26H22F3N5O3S/c1-2-33-23(18-10-12-21(13-11-18)34(36)37)31-32-25(33)38-16-19-7-3-4-9-22(19)24(35)30-15-17-6-5-8-20(14-17)26(27,28)29/h3-14H,2,15-16H2,1H3,(H,30,35). The maximum Gasteiger partial charge on any atom is 0.416 e. The zero-order valence-corrected chi connectivity index (χ0v) is 20.9. The largest absolute Gasteiger partial charge is 0.416 e. The van der Waals surface area contributed by atoms with Crippen LogP contribution in [0.25, 0.3) is 11.4 Å². The number of hydrogen-bond donors (Lipinski definition) is 1. The quantitative estimate of drug-likeness (QED) is 0.156. The zero-order chi connectivity index (χ0) is 27.3. The van der Waals surface area contributed by atoms with E-state index in [4.69, 9.17) is 0 Å². The molecular weight excluding hydrogens is 519 g/mol. The highest BCUT2D eigenvalue weighted by molar-refractivity contribution is 7.98. The van der Waals surface area contributed by atoms with Crippen LogP contribution in [0.15, 0.2) is 78.0 Å². The van der Waals surface area contributed by atoms with Gasteiger partial charge in [0.25, 0.3) is 11.6 Å². The van der Waals surface area contributed by atoms with Crippen molar-refractivity contribution in [3.63, 3.8) is 0 Å². The third-order valence-electron chi connectivity index (χ3n) is 5.70. The summed E-state index contributed by atoms with van der Waals surface area (Å²) in [5.74, 6) is 0.560. The second-order valence-electron chi connectivity index (χ2n) is 8.18. The molecule has 0 aliphatic heterocycles. The lowest BCUT2D eigenvalue weighted by molar-refractivity contribution is -0.384. The van der Waals surface area contributed by atoms with Crippen molar-refractivity contribution in [2.24, 2.45) is 0 Å². The van der Waals surface area contributed by atoms with Crippen LogP contribution in [0.4, 0.5) is 18.9 Å². The Bertz CT molecular complexity index is 1460. The molecule has 0 radical (unpaired) electrons. The van der Waals surface area contributed by atoms with Gasteiger partial charge >= 0.3 is 6.18 Å². The first-order valence-electron chi connectivity index (χ1n) is 11.5. The van der Waals surface area contributed by atoms with Crippen molar-refractivity contribution in [3.8, 4) is 11.4 Å². The predicted molar refractivity (Wildman–Crippen MR) is 136 cm³/mol. The number of aromatic nitrogens is 3. The molecule has 1 amide bonds. The van der Waals surface area contributed by atoms with E-state index in [2.05, 4.69) is 15.5 Å². The molecule has 4 aromatic rings. The van der Waals surface area contributed by atoms with Gasteiger partial charge in [-0.1, -0.05) is 42.1 Å². The van der Waals surface area contributed by atoms with Gasteiger partial charge in [-0.25, -0.2) is 0 Å². The summed E-state index contributed by atoms with van der Waals surface area (Å²) in [6.07, 6.45) is -4.46. The summed E-state index contributed by atoms with van der Waals surface area (Å²) in [5.41, 5.74) is 1.37. The number of nitro benzene ring substituents is 1. The number of halogens is 3. The number of amides is 1. The summed E-state index contributed by atoms with van der Waals surface area (Å²) in [4.78, 5) is 23.4. The fraction of sp³-hybridized carbons (Fsp3) is 0.192. The molecule has 0 spiro atoms. The van der Waals surface area contributed by atoms with E-state index in [9.17, 15) is 28.1 Å². The number of thioether (sulfide) groups is 1. The van der Waals surface area contributed by atoms with Gasteiger partial charge in [-0.15, -0.1) is 10.2 Å². The highest BCUT2D eigenvalue weighted by Gasteiger charge is 2.30. The van der Waals surface area contributed by atoms with Crippen molar-refractivity contribution in [1.29, 1.82) is 0 Å². The van der Waals surface area contributed by atoms with Gasteiger partial charge in [-0.2, -0.15) is 13.2 Å². The molecule has 8 nitrogen and oxygen atoms in total. The number of hydrogen-bond acceptors (Lipinski definition) is 6. The van der Waals surface area contributed by atoms with Crippen LogP contribution in [-0.4, -0.2) is 25.6 Å². The van der Waals surface area contributed by atoms with E-state index in [1.54, 1.807) is 36.4 Å². The van der Waals surface area contributed by atoms with Crippen molar-refractivity contribution in [2.75, 3.05) is 0 Å². The molecule has 3 aromatic carbocycles. The molecule has 12 heteroatoms. The summed E-state index contributed by atoms with van der Waals surface area (Å²) >= 11 is 1.38. The number of benzene rings is 3. The van der Waals surface area contributed by atoms with Crippen LogP contribution in [0.3, 0.4) is 0 Å². The zero-order valence-electron chi connectivity index (χ0n) is 20.1. The first-order valence-corrected chi connectivity index (χ1v) is 12.5. The molecule has 1 aromatic heterocycles. The van der Waals surface area contributed by atoms with Crippen LogP contribution >= 0.6 is 11.8 Å². The molecule has 0 atom stereocenters. The Labute approximate surface area is 220 Å². The van der Waals surface area contributed by atoms with E-state index in [-0.39, 0.29) is 12.2 Å². The van der Waals surface area contributed by atoms with Gasteiger partial charge < -0.3 is 9.88 Å². The number of rotatable bonds is 9. The van der Waals surface area contributed by atoms with Crippen LogP contribution in [0.2, 0.25) is 0 Å². The Morgan fingerprint density at radius 2 is 1.79 bits per heavy atom. The number of nitro groups is 1. The lowest BCUT2D eigenvalue weighted by Crippen LogP contribution is -2.24. The summed E-state index contributed by atoms with van der Waals surface area (Å²) in [6.45, 7) is 2.44. The van der Waals surface area contributed by atoms with Crippen molar-refractivity contribution in [3.05, 3.63) is 105 Å². The molecule has 38 heavy (non-hydrogen) atoms. The van der Waals surface area contributed by atoms with Crippen molar-refractivity contribution in [1.82, 2.24) is 20.1 Å². The van der Waals surface area contributed by atoms with Crippen LogP contribution < -0.4 is 5.32 Å². The van der Waals surface area contributed by atoms with Crippen LogP contribution in [0, 0.1) is 10.1 Å². The second kappa shape index (κ2) is 11.5. The minimum Gasteiger partial charge on any atom is -0.348 e. The predicted octanol–water partition coefficient (Wildman–Crippen LogP) is 6.11. The van der Waals surface area contributed by atoms with E-state index in [0.717, 1.165) is 17.7 Å². The number of carbonyl (C=O) groups excluding carboxylic acids is 1. The van der Waals surface area contributed by atoms with Crippen LogP contribution in [0.5, 0.6) is 0 Å². The molecule has 1 heterocycles. The lowest BCUT2D eigenvalue weighted by atomic mass is 10.1. The summed E-state index contributed by atoms with van der Waals surface area (Å²) in [7, 11) is 0. The Hall–Kier alpha value is -4.19. The number of carbonyl (C=O) groups is 1. The van der Waals surface area contributed by atoms with Crippen molar-refractivity contribution >= 4 is 23.4 Å². The fourth-order valence-corrected chi connectivity index (χ4v) is 4.78. The van der Waals surface area contributed by atoms with Gasteiger partial charge in [0.1, 0.15) is 0 Å². The minimum absolute atomic E-state index is 0.0196. The molecular formula is C26H22F3N5O3S. The molecule has 0 bridgehead atoms.